The lowest BCUT2D eigenvalue weighted by Crippen LogP contribution is -2.29. The molecule has 3 N–H and O–H groups in total. The van der Waals surface area contributed by atoms with Gasteiger partial charge in [-0.1, -0.05) is 112 Å². The summed E-state index contributed by atoms with van der Waals surface area (Å²) in [6.45, 7) is 11.5. The number of nitrogens with two attached hydrogens (primary N) is 1. The maximum Gasteiger partial charge on any atom is 0.303 e. The first kappa shape index (κ1) is 34.0. The van der Waals surface area contributed by atoms with Crippen molar-refractivity contribution in [3.8, 4) is 0 Å². The number of hydrogen-bond acceptors (Lipinski definition) is 2. The van der Waals surface area contributed by atoms with Crippen LogP contribution in [0.1, 0.15) is 150 Å². The Hall–Kier alpha value is -0.140. The highest BCUT2D eigenvalue weighted by Crippen LogP contribution is 2.63. The van der Waals surface area contributed by atoms with Gasteiger partial charge in [0.15, 0.2) is 0 Å². The zero-order valence-corrected chi connectivity index (χ0v) is 23.7. The van der Waals surface area contributed by atoms with Crippen LogP contribution in [0.4, 0.5) is 0 Å². The molecule has 0 aromatic heterocycles. The van der Waals surface area contributed by atoms with E-state index in [-0.39, 0.29) is 0 Å². The molecule has 194 valence electrons. The summed E-state index contributed by atoms with van der Waals surface area (Å²) in [7, 11) is -0.859. The van der Waals surface area contributed by atoms with Crippen LogP contribution < -0.4 is 5.73 Å². The predicted molar refractivity (Wildman–Crippen MR) is 149 cm³/mol. The number of carboxylic acids is 1. The SMILES string of the molecule is CCCCCCCCCCCCC(=O)O.CCCC[P+](CCCC)(CCCC)C(N)CC. The van der Waals surface area contributed by atoms with Gasteiger partial charge in [-0.05, 0) is 32.1 Å². The molecule has 0 saturated carbocycles. The molecule has 0 aliphatic carbocycles. The van der Waals surface area contributed by atoms with Gasteiger partial charge in [0.25, 0.3) is 0 Å². The van der Waals surface area contributed by atoms with E-state index in [1.165, 1.54) is 115 Å². The molecule has 1 atom stereocenters. The Balaban J connectivity index is 0. The molecule has 32 heavy (non-hydrogen) atoms. The molecule has 0 bridgehead atoms. The van der Waals surface area contributed by atoms with E-state index in [0.717, 1.165) is 12.8 Å². The van der Waals surface area contributed by atoms with Crippen molar-refractivity contribution in [2.24, 2.45) is 5.73 Å². The van der Waals surface area contributed by atoms with Crippen LogP contribution in [0, 0.1) is 0 Å². The van der Waals surface area contributed by atoms with Crippen LogP contribution in [0.25, 0.3) is 0 Å². The number of carboxylic acid groups (broad SMARTS) is 1. The molecule has 0 aliphatic rings. The minimum atomic E-state index is -0.859. The summed E-state index contributed by atoms with van der Waals surface area (Å²) >= 11 is 0. The predicted octanol–water partition coefficient (Wildman–Crippen LogP) is 9.48. The van der Waals surface area contributed by atoms with Crippen LogP contribution in [0.2, 0.25) is 0 Å². The highest BCUT2D eigenvalue weighted by molar-refractivity contribution is 7.76. The van der Waals surface area contributed by atoms with Crippen LogP contribution in [0.15, 0.2) is 0 Å². The Labute approximate surface area is 203 Å². The van der Waals surface area contributed by atoms with Crippen molar-refractivity contribution in [3.63, 3.8) is 0 Å². The topological polar surface area (TPSA) is 63.3 Å². The van der Waals surface area contributed by atoms with Gasteiger partial charge in [-0.15, -0.1) is 0 Å². The van der Waals surface area contributed by atoms with Crippen molar-refractivity contribution in [2.75, 3.05) is 18.5 Å². The Morgan fingerprint density at radius 2 is 0.969 bits per heavy atom. The maximum atomic E-state index is 10.2. The van der Waals surface area contributed by atoms with Gasteiger partial charge in [0.05, 0.1) is 18.5 Å². The van der Waals surface area contributed by atoms with Gasteiger partial charge in [0, 0.05) is 13.7 Å². The largest absolute Gasteiger partial charge is 0.481 e. The summed E-state index contributed by atoms with van der Waals surface area (Å²) < 4.78 is 0. The van der Waals surface area contributed by atoms with Crippen molar-refractivity contribution >= 4 is 13.2 Å². The maximum absolute atomic E-state index is 10.2. The van der Waals surface area contributed by atoms with Gasteiger partial charge in [0.1, 0.15) is 5.78 Å². The average molecular weight is 475 g/mol. The monoisotopic (exact) mass is 474 g/mol. The Morgan fingerprint density at radius 1 is 0.625 bits per heavy atom. The number of rotatable bonds is 22. The zero-order chi connectivity index (χ0) is 24.5. The molecule has 0 aromatic carbocycles. The summed E-state index contributed by atoms with van der Waals surface area (Å²) in [5.74, 6) is -0.137. The van der Waals surface area contributed by atoms with Gasteiger partial charge in [0.2, 0.25) is 0 Å². The summed E-state index contributed by atoms with van der Waals surface area (Å²) in [5.41, 5.74) is 6.52. The fourth-order valence-electron chi connectivity index (χ4n) is 4.40. The van der Waals surface area contributed by atoms with E-state index in [1.807, 2.05) is 0 Å². The molecule has 0 aliphatic heterocycles. The van der Waals surface area contributed by atoms with Crippen molar-refractivity contribution in [2.45, 2.75) is 156 Å². The van der Waals surface area contributed by atoms with Crippen LogP contribution in [0.5, 0.6) is 0 Å². The first-order chi connectivity index (χ1) is 15.4. The Bertz CT molecular complexity index is 368. The molecule has 0 fully saturated rings. The highest BCUT2D eigenvalue weighted by Gasteiger charge is 2.40. The summed E-state index contributed by atoms with van der Waals surface area (Å²) in [4.78, 5) is 10.2. The smallest absolute Gasteiger partial charge is 0.303 e. The lowest BCUT2D eigenvalue weighted by molar-refractivity contribution is -0.137. The van der Waals surface area contributed by atoms with Gasteiger partial charge in [-0.2, -0.15) is 0 Å². The van der Waals surface area contributed by atoms with Crippen LogP contribution in [0.3, 0.4) is 0 Å². The van der Waals surface area contributed by atoms with Crippen molar-refractivity contribution in [1.82, 2.24) is 0 Å². The molecule has 4 heteroatoms. The zero-order valence-electron chi connectivity index (χ0n) is 22.8. The Kier molecular flexibility index (Phi) is 27.1. The number of hydrogen-bond donors (Lipinski definition) is 2. The minimum Gasteiger partial charge on any atom is -0.481 e. The quantitative estimate of drug-likeness (QED) is 0.121. The van der Waals surface area contributed by atoms with E-state index in [0.29, 0.717) is 12.2 Å². The van der Waals surface area contributed by atoms with Crippen molar-refractivity contribution in [3.05, 3.63) is 0 Å². The molecular weight excluding hydrogens is 413 g/mol. The van der Waals surface area contributed by atoms with E-state index >= 15 is 0 Å². The summed E-state index contributed by atoms with van der Waals surface area (Å²) in [6, 6.07) is 0. The molecule has 0 saturated heterocycles. The third-order valence-electron chi connectivity index (χ3n) is 6.74. The molecule has 0 amide bonds. The fraction of sp³-hybridized carbons (Fsp3) is 0.964. The van der Waals surface area contributed by atoms with Crippen LogP contribution in [-0.4, -0.2) is 35.3 Å². The lowest BCUT2D eigenvalue weighted by Gasteiger charge is -2.32. The third kappa shape index (κ3) is 20.5. The molecule has 0 heterocycles. The highest BCUT2D eigenvalue weighted by atomic mass is 31.2. The molecule has 1 unspecified atom stereocenters. The standard InChI is InChI=1S/C15H35NP.C13H26O2/c1-5-9-12-17(13-10-6-2,14-11-7-3)15(16)8-4;1-2-3-4-5-6-7-8-9-10-11-12-13(14)15/h15H,5-14,16H2,1-4H3;2-12H2,1H3,(H,14,15)/q+1;. The molecule has 3 nitrogen and oxygen atoms in total. The first-order valence-electron chi connectivity index (χ1n) is 14.3. The van der Waals surface area contributed by atoms with Crippen molar-refractivity contribution in [1.29, 1.82) is 0 Å². The third-order valence-corrected chi connectivity index (χ3v) is 12.1. The van der Waals surface area contributed by atoms with E-state index < -0.39 is 13.2 Å². The molecule has 0 aromatic rings. The van der Waals surface area contributed by atoms with E-state index in [4.69, 9.17) is 10.8 Å². The second kappa shape index (κ2) is 25.5. The van der Waals surface area contributed by atoms with Crippen LogP contribution in [-0.2, 0) is 4.79 Å². The molecule has 0 radical (unpaired) electrons. The molecule has 0 spiro atoms. The minimum absolute atomic E-state index is 0.344. The van der Waals surface area contributed by atoms with Gasteiger partial charge in [-0.3, -0.25) is 10.5 Å². The normalized spacial score (nSPS) is 12.3. The van der Waals surface area contributed by atoms with Crippen molar-refractivity contribution < 1.29 is 9.90 Å². The van der Waals surface area contributed by atoms with Gasteiger partial charge in [-0.25, -0.2) is 0 Å². The fourth-order valence-corrected chi connectivity index (χ4v) is 9.68. The molecular formula is C28H61NO2P+. The number of unbranched alkanes of at least 4 members (excludes halogenated alkanes) is 12. The summed E-state index contributed by atoms with van der Waals surface area (Å²) in [5, 5.41) is 8.44. The van der Waals surface area contributed by atoms with Gasteiger partial charge < -0.3 is 5.11 Å². The number of aliphatic carboxylic acids is 1. The Morgan fingerprint density at radius 3 is 1.28 bits per heavy atom. The second-order valence-electron chi connectivity index (χ2n) is 9.75. The lowest BCUT2D eigenvalue weighted by atomic mass is 10.1. The average Bonchev–Trinajstić information content (AvgIpc) is 2.79. The van der Waals surface area contributed by atoms with E-state index in [9.17, 15) is 4.79 Å². The first-order valence-corrected chi connectivity index (χ1v) is 16.7. The summed E-state index contributed by atoms with van der Waals surface area (Å²) in [6.07, 6.45) is 26.7. The molecule has 0 rings (SSSR count). The number of carbonyl (C=O) groups is 1. The van der Waals surface area contributed by atoms with Gasteiger partial charge >= 0.3 is 5.97 Å². The second-order valence-corrected chi connectivity index (χ2v) is 14.2. The van der Waals surface area contributed by atoms with E-state index in [2.05, 4.69) is 34.6 Å². The van der Waals surface area contributed by atoms with E-state index in [1.54, 1.807) is 0 Å². The van der Waals surface area contributed by atoms with Crippen LogP contribution >= 0.6 is 7.26 Å².